The standard InChI is InChI=1S/C21H19N3O4/c1-12-4-6-15(7-5-12)24-19-17(18(22-24)13(2)25)20(26)23(21(19)27)14-8-10-16(28-3)11-9-14/h4-11,17,19H,1-3H3/t17-,19-/m0/s1. The third-order valence-corrected chi connectivity index (χ3v) is 5.04. The van der Waals surface area contributed by atoms with E-state index in [9.17, 15) is 14.4 Å². The Kier molecular flexibility index (Phi) is 4.22. The van der Waals surface area contributed by atoms with Crippen molar-refractivity contribution in [1.29, 1.82) is 0 Å². The summed E-state index contributed by atoms with van der Waals surface area (Å²) in [6.45, 7) is 3.32. The molecule has 0 bridgehead atoms. The van der Waals surface area contributed by atoms with Gasteiger partial charge in [0, 0.05) is 6.92 Å². The van der Waals surface area contributed by atoms with Gasteiger partial charge < -0.3 is 4.74 Å². The van der Waals surface area contributed by atoms with Crippen LogP contribution in [-0.2, 0) is 14.4 Å². The van der Waals surface area contributed by atoms with E-state index in [1.807, 2.05) is 31.2 Å². The normalized spacial score (nSPS) is 21.0. The van der Waals surface area contributed by atoms with Crippen molar-refractivity contribution in [3.8, 4) is 5.75 Å². The number of hydrogen-bond donors (Lipinski definition) is 0. The highest BCUT2D eigenvalue weighted by Crippen LogP contribution is 2.38. The van der Waals surface area contributed by atoms with Gasteiger partial charge in [-0.2, -0.15) is 5.10 Å². The lowest BCUT2D eigenvalue weighted by atomic mass is 9.95. The second-order valence-electron chi connectivity index (χ2n) is 6.85. The minimum absolute atomic E-state index is 0.111. The molecular weight excluding hydrogens is 358 g/mol. The second kappa shape index (κ2) is 6.60. The maximum atomic E-state index is 13.2. The molecule has 2 atom stereocenters. The van der Waals surface area contributed by atoms with Gasteiger partial charge in [0.15, 0.2) is 5.78 Å². The molecule has 0 radical (unpaired) electrons. The maximum absolute atomic E-state index is 13.2. The van der Waals surface area contributed by atoms with E-state index < -0.39 is 23.8 Å². The number of hydrogen-bond acceptors (Lipinski definition) is 6. The van der Waals surface area contributed by atoms with E-state index >= 15 is 0 Å². The van der Waals surface area contributed by atoms with Crippen LogP contribution in [0.5, 0.6) is 5.75 Å². The fraction of sp³-hybridized carbons (Fsp3) is 0.238. The first-order valence-electron chi connectivity index (χ1n) is 8.89. The van der Waals surface area contributed by atoms with Crippen LogP contribution in [-0.4, -0.2) is 36.5 Å². The zero-order chi connectivity index (χ0) is 20.0. The number of fused-ring (bicyclic) bond motifs is 1. The minimum atomic E-state index is -0.909. The van der Waals surface area contributed by atoms with Gasteiger partial charge in [-0.15, -0.1) is 0 Å². The summed E-state index contributed by atoms with van der Waals surface area (Å²) in [4.78, 5) is 39.6. The number of aryl methyl sites for hydroxylation is 1. The summed E-state index contributed by atoms with van der Waals surface area (Å²) in [5.41, 5.74) is 2.27. The molecular formula is C21H19N3O4. The van der Waals surface area contributed by atoms with Crippen molar-refractivity contribution in [1.82, 2.24) is 0 Å². The summed E-state index contributed by atoms with van der Waals surface area (Å²) in [5.74, 6) is -1.45. The monoisotopic (exact) mass is 377 g/mol. The van der Waals surface area contributed by atoms with Crippen molar-refractivity contribution in [2.24, 2.45) is 11.0 Å². The molecule has 0 spiro atoms. The molecule has 2 aromatic rings. The molecule has 7 nitrogen and oxygen atoms in total. The van der Waals surface area contributed by atoms with Crippen LogP contribution < -0.4 is 14.6 Å². The lowest BCUT2D eigenvalue weighted by molar-refractivity contribution is -0.122. The molecule has 2 aliphatic heterocycles. The van der Waals surface area contributed by atoms with Crippen molar-refractivity contribution in [2.45, 2.75) is 19.9 Å². The molecule has 0 saturated carbocycles. The van der Waals surface area contributed by atoms with Crippen molar-refractivity contribution in [3.63, 3.8) is 0 Å². The van der Waals surface area contributed by atoms with Gasteiger partial charge in [-0.1, -0.05) is 17.7 Å². The number of methoxy groups -OCH3 is 1. The van der Waals surface area contributed by atoms with Gasteiger partial charge in [0.1, 0.15) is 23.4 Å². The van der Waals surface area contributed by atoms with Crippen molar-refractivity contribution >= 4 is 34.7 Å². The first-order chi connectivity index (χ1) is 13.4. The van der Waals surface area contributed by atoms with Crippen molar-refractivity contribution in [3.05, 3.63) is 54.1 Å². The van der Waals surface area contributed by atoms with E-state index in [-0.39, 0.29) is 11.5 Å². The number of carbonyl (C=O) groups excluding carboxylic acids is 3. The first-order valence-corrected chi connectivity index (χ1v) is 8.89. The number of amides is 2. The van der Waals surface area contributed by atoms with Gasteiger partial charge in [0.2, 0.25) is 5.91 Å². The zero-order valence-corrected chi connectivity index (χ0v) is 15.7. The van der Waals surface area contributed by atoms with Crippen LogP contribution in [0.4, 0.5) is 11.4 Å². The molecule has 2 amide bonds. The predicted molar refractivity (Wildman–Crippen MR) is 105 cm³/mol. The van der Waals surface area contributed by atoms with E-state index in [1.165, 1.54) is 11.9 Å². The molecule has 1 fully saturated rings. The van der Waals surface area contributed by atoms with E-state index in [0.717, 1.165) is 10.5 Å². The Balaban J connectivity index is 1.76. The van der Waals surface area contributed by atoms with Gasteiger partial charge in [0.25, 0.3) is 5.91 Å². The van der Waals surface area contributed by atoms with E-state index in [1.54, 1.807) is 31.4 Å². The third kappa shape index (κ3) is 2.67. The number of rotatable bonds is 4. The topological polar surface area (TPSA) is 79.3 Å². The van der Waals surface area contributed by atoms with Crippen LogP contribution in [0.15, 0.2) is 53.6 Å². The second-order valence-corrected chi connectivity index (χ2v) is 6.85. The van der Waals surface area contributed by atoms with Crippen molar-refractivity contribution in [2.75, 3.05) is 17.0 Å². The number of anilines is 2. The average molecular weight is 377 g/mol. The summed E-state index contributed by atoms with van der Waals surface area (Å²) in [5, 5.41) is 5.83. The van der Waals surface area contributed by atoms with E-state index in [4.69, 9.17) is 4.74 Å². The van der Waals surface area contributed by atoms with Gasteiger partial charge in [0.05, 0.1) is 18.5 Å². The Labute approximate surface area is 162 Å². The molecule has 28 heavy (non-hydrogen) atoms. The molecule has 2 aromatic carbocycles. The van der Waals surface area contributed by atoms with Crippen LogP contribution >= 0.6 is 0 Å². The average Bonchev–Trinajstić information content (AvgIpc) is 3.20. The zero-order valence-electron chi connectivity index (χ0n) is 15.7. The van der Waals surface area contributed by atoms with Crippen LogP contribution in [0.3, 0.4) is 0 Å². The SMILES string of the molecule is COc1ccc(N2C(=O)[C@H]3C(C(C)=O)=NN(c4ccc(C)cc4)[C@@H]3C2=O)cc1. The largest absolute Gasteiger partial charge is 0.497 e. The summed E-state index contributed by atoms with van der Waals surface area (Å²) in [6.07, 6.45) is 0. The fourth-order valence-electron chi connectivity index (χ4n) is 3.60. The van der Waals surface area contributed by atoms with Crippen molar-refractivity contribution < 1.29 is 19.1 Å². The number of ether oxygens (including phenoxy) is 1. The number of carbonyl (C=O) groups is 3. The smallest absolute Gasteiger partial charge is 0.259 e. The number of imide groups is 1. The highest BCUT2D eigenvalue weighted by molar-refractivity contribution is 6.48. The summed E-state index contributed by atoms with van der Waals surface area (Å²) in [7, 11) is 1.54. The molecule has 7 heteroatoms. The van der Waals surface area contributed by atoms with E-state index in [0.29, 0.717) is 17.1 Å². The molecule has 2 aliphatic rings. The predicted octanol–water partition coefficient (Wildman–Crippen LogP) is 2.33. The van der Waals surface area contributed by atoms with Crippen LogP contribution in [0, 0.1) is 12.8 Å². The lowest BCUT2D eigenvalue weighted by Gasteiger charge is -2.22. The summed E-state index contributed by atoms with van der Waals surface area (Å²) >= 11 is 0. The van der Waals surface area contributed by atoms with Crippen LogP contribution in [0.1, 0.15) is 12.5 Å². The highest BCUT2D eigenvalue weighted by Gasteiger charge is 2.58. The number of hydrazone groups is 1. The molecule has 2 heterocycles. The Hall–Kier alpha value is -3.48. The quantitative estimate of drug-likeness (QED) is 0.764. The fourth-order valence-corrected chi connectivity index (χ4v) is 3.60. The van der Waals surface area contributed by atoms with Gasteiger partial charge in [-0.05, 0) is 43.3 Å². The Morgan fingerprint density at radius 1 is 0.964 bits per heavy atom. The van der Waals surface area contributed by atoms with Gasteiger partial charge >= 0.3 is 0 Å². The first kappa shape index (κ1) is 17.9. The molecule has 0 aliphatic carbocycles. The van der Waals surface area contributed by atoms with Gasteiger partial charge in [-0.25, -0.2) is 4.90 Å². The number of benzene rings is 2. The number of nitrogens with zero attached hydrogens (tertiary/aromatic N) is 3. The Morgan fingerprint density at radius 3 is 2.14 bits per heavy atom. The summed E-state index contributed by atoms with van der Waals surface area (Å²) < 4.78 is 5.13. The molecule has 0 N–H and O–H groups in total. The molecule has 4 rings (SSSR count). The Bertz CT molecular complexity index is 995. The summed E-state index contributed by atoms with van der Waals surface area (Å²) in [6, 6.07) is 13.2. The number of ketones is 1. The third-order valence-electron chi connectivity index (χ3n) is 5.04. The highest BCUT2D eigenvalue weighted by atomic mass is 16.5. The van der Waals surface area contributed by atoms with Crippen LogP contribution in [0.25, 0.3) is 0 Å². The Morgan fingerprint density at radius 2 is 1.57 bits per heavy atom. The molecule has 1 saturated heterocycles. The van der Waals surface area contributed by atoms with Gasteiger partial charge in [-0.3, -0.25) is 19.4 Å². The lowest BCUT2D eigenvalue weighted by Crippen LogP contribution is -2.39. The number of Topliss-reactive ketones (excluding diaryl/α,β-unsaturated/α-hetero) is 1. The van der Waals surface area contributed by atoms with Crippen LogP contribution in [0.2, 0.25) is 0 Å². The van der Waals surface area contributed by atoms with E-state index in [2.05, 4.69) is 5.10 Å². The minimum Gasteiger partial charge on any atom is -0.497 e. The molecule has 142 valence electrons. The molecule has 0 unspecified atom stereocenters. The maximum Gasteiger partial charge on any atom is 0.259 e. The molecule has 0 aromatic heterocycles.